The lowest BCUT2D eigenvalue weighted by Crippen LogP contribution is -1.99. The highest BCUT2D eigenvalue weighted by Gasteiger charge is 2.06. The zero-order chi connectivity index (χ0) is 9.19. The minimum Gasteiger partial charge on any atom is -0.212 e. The highest BCUT2D eigenvalue weighted by molar-refractivity contribution is 8.13. The Morgan fingerprint density at radius 2 is 2.17 bits per heavy atom. The van der Waals surface area contributed by atoms with E-state index in [2.05, 4.69) is 0 Å². The molecule has 0 aliphatic carbocycles. The number of thiophene rings is 1. The van der Waals surface area contributed by atoms with Crippen LogP contribution >= 0.6 is 33.6 Å². The molecular formula is C6H6Cl2O2S2. The van der Waals surface area contributed by atoms with E-state index in [1.54, 1.807) is 6.07 Å². The molecule has 0 amide bonds. The van der Waals surface area contributed by atoms with Gasteiger partial charge in [0, 0.05) is 10.7 Å². The first-order valence-electron chi connectivity index (χ1n) is 3.12. The molecule has 1 heterocycles. The van der Waals surface area contributed by atoms with Gasteiger partial charge in [-0.1, -0.05) is 11.6 Å². The maximum Gasteiger partial charge on any atom is 0.232 e. The van der Waals surface area contributed by atoms with Crippen molar-refractivity contribution in [1.29, 1.82) is 0 Å². The van der Waals surface area contributed by atoms with Crippen LogP contribution in [0.4, 0.5) is 0 Å². The standard InChI is InChI=1S/C6H6Cl2O2S2/c7-6-3-5(4-11-6)1-2-12(8,9)10/h3-4H,1-2H2. The summed E-state index contributed by atoms with van der Waals surface area (Å²) in [6.07, 6.45) is 0.426. The van der Waals surface area contributed by atoms with Crippen LogP contribution < -0.4 is 0 Å². The van der Waals surface area contributed by atoms with E-state index in [-0.39, 0.29) is 5.75 Å². The molecule has 0 aromatic carbocycles. The van der Waals surface area contributed by atoms with Crippen molar-refractivity contribution in [2.24, 2.45) is 0 Å². The molecule has 6 heteroatoms. The molecule has 0 spiro atoms. The fraction of sp³-hybridized carbons (Fsp3) is 0.333. The Labute approximate surface area is 84.5 Å². The molecule has 0 fully saturated rings. The van der Waals surface area contributed by atoms with Crippen molar-refractivity contribution < 1.29 is 8.42 Å². The molecule has 0 radical (unpaired) electrons. The van der Waals surface area contributed by atoms with E-state index in [1.807, 2.05) is 5.38 Å². The third-order valence-corrected chi connectivity index (χ3v) is 3.55. The maximum atomic E-state index is 10.5. The molecule has 2 nitrogen and oxygen atoms in total. The number of halogens is 2. The average Bonchev–Trinajstić information content (AvgIpc) is 2.30. The van der Waals surface area contributed by atoms with E-state index >= 15 is 0 Å². The first-order valence-corrected chi connectivity index (χ1v) is 6.86. The zero-order valence-electron chi connectivity index (χ0n) is 5.96. The van der Waals surface area contributed by atoms with Gasteiger partial charge in [-0.3, -0.25) is 0 Å². The number of hydrogen-bond donors (Lipinski definition) is 0. The molecule has 1 aromatic heterocycles. The van der Waals surface area contributed by atoms with Gasteiger partial charge in [-0.05, 0) is 23.4 Å². The first-order chi connectivity index (χ1) is 5.47. The summed E-state index contributed by atoms with van der Waals surface area (Å²) >= 11 is 7.03. The number of rotatable bonds is 3. The minimum atomic E-state index is -3.38. The lowest BCUT2D eigenvalue weighted by Gasteiger charge is -1.92. The first kappa shape index (κ1) is 10.3. The Kier molecular flexibility index (Phi) is 3.40. The molecule has 12 heavy (non-hydrogen) atoms. The summed E-state index contributed by atoms with van der Waals surface area (Å²) in [5.41, 5.74) is 0.911. The second kappa shape index (κ2) is 3.96. The summed E-state index contributed by atoms with van der Waals surface area (Å²) in [6, 6.07) is 1.74. The molecule has 0 saturated carbocycles. The highest BCUT2D eigenvalue weighted by Crippen LogP contribution is 2.20. The zero-order valence-corrected chi connectivity index (χ0v) is 9.10. The van der Waals surface area contributed by atoms with Crippen LogP contribution in [0.25, 0.3) is 0 Å². The topological polar surface area (TPSA) is 34.1 Å². The predicted octanol–water partition coefficient (Wildman–Crippen LogP) is 2.51. The summed E-state index contributed by atoms with van der Waals surface area (Å²) < 4.78 is 21.8. The molecule has 0 atom stereocenters. The van der Waals surface area contributed by atoms with Gasteiger partial charge in [0.1, 0.15) is 0 Å². The number of aryl methyl sites for hydroxylation is 1. The van der Waals surface area contributed by atoms with Crippen molar-refractivity contribution in [2.45, 2.75) is 6.42 Å². The lowest BCUT2D eigenvalue weighted by atomic mass is 10.3. The summed E-state index contributed by atoms with van der Waals surface area (Å²) in [7, 11) is 1.65. The van der Waals surface area contributed by atoms with Crippen LogP contribution in [-0.4, -0.2) is 14.2 Å². The maximum absolute atomic E-state index is 10.5. The van der Waals surface area contributed by atoms with E-state index in [4.69, 9.17) is 22.3 Å². The SMILES string of the molecule is O=S(=O)(Cl)CCc1csc(Cl)c1. The second-order valence-electron chi connectivity index (χ2n) is 2.25. The van der Waals surface area contributed by atoms with E-state index in [1.165, 1.54) is 11.3 Å². The van der Waals surface area contributed by atoms with Crippen LogP contribution in [0.5, 0.6) is 0 Å². The van der Waals surface area contributed by atoms with Crippen LogP contribution in [0, 0.1) is 0 Å². The fourth-order valence-electron chi connectivity index (χ4n) is 0.717. The Morgan fingerprint density at radius 1 is 1.50 bits per heavy atom. The molecule has 0 unspecified atom stereocenters. The average molecular weight is 245 g/mol. The van der Waals surface area contributed by atoms with Crippen molar-refractivity contribution in [3.63, 3.8) is 0 Å². The lowest BCUT2D eigenvalue weighted by molar-refractivity contribution is 0.609. The van der Waals surface area contributed by atoms with Gasteiger partial charge in [-0.25, -0.2) is 8.42 Å². The van der Waals surface area contributed by atoms with Gasteiger partial charge in [0.2, 0.25) is 9.05 Å². The minimum absolute atomic E-state index is 0.0401. The van der Waals surface area contributed by atoms with Crippen LogP contribution in [-0.2, 0) is 15.5 Å². The van der Waals surface area contributed by atoms with Gasteiger partial charge in [0.05, 0.1) is 10.1 Å². The van der Waals surface area contributed by atoms with Gasteiger partial charge in [0.25, 0.3) is 0 Å². The monoisotopic (exact) mass is 244 g/mol. The molecule has 0 aliphatic heterocycles. The third-order valence-electron chi connectivity index (χ3n) is 1.26. The Hall–Kier alpha value is 0.230. The van der Waals surface area contributed by atoms with Crippen LogP contribution in [0.1, 0.15) is 5.56 Å². The normalized spacial score (nSPS) is 11.8. The van der Waals surface area contributed by atoms with Crippen LogP contribution in [0.3, 0.4) is 0 Å². The van der Waals surface area contributed by atoms with Crippen molar-refractivity contribution in [3.05, 3.63) is 21.3 Å². The largest absolute Gasteiger partial charge is 0.232 e. The predicted molar refractivity (Wildman–Crippen MR) is 52.7 cm³/mol. The smallest absolute Gasteiger partial charge is 0.212 e. The summed E-state index contributed by atoms with van der Waals surface area (Å²) in [4.78, 5) is 0. The van der Waals surface area contributed by atoms with Gasteiger partial charge in [-0.2, -0.15) is 0 Å². The van der Waals surface area contributed by atoms with Gasteiger partial charge >= 0.3 is 0 Å². The summed E-state index contributed by atoms with van der Waals surface area (Å²) in [5, 5.41) is 1.82. The van der Waals surface area contributed by atoms with E-state index < -0.39 is 9.05 Å². The second-order valence-corrected chi connectivity index (χ2v) is 6.69. The Morgan fingerprint density at radius 3 is 2.58 bits per heavy atom. The third kappa shape index (κ3) is 3.76. The Balaban J connectivity index is 2.55. The molecule has 1 rings (SSSR count). The van der Waals surface area contributed by atoms with E-state index in [0.717, 1.165) is 5.56 Å². The number of hydrogen-bond acceptors (Lipinski definition) is 3. The summed E-state index contributed by atoms with van der Waals surface area (Å²) in [6.45, 7) is 0. The summed E-state index contributed by atoms with van der Waals surface area (Å²) in [5.74, 6) is -0.0401. The molecule has 0 N–H and O–H groups in total. The van der Waals surface area contributed by atoms with Crippen LogP contribution in [0.15, 0.2) is 11.4 Å². The molecule has 0 aliphatic rings. The van der Waals surface area contributed by atoms with E-state index in [9.17, 15) is 8.42 Å². The Bertz CT molecular complexity index is 355. The quantitative estimate of drug-likeness (QED) is 0.767. The van der Waals surface area contributed by atoms with E-state index in [0.29, 0.717) is 10.8 Å². The fourth-order valence-corrected chi connectivity index (χ4v) is 2.37. The van der Waals surface area contributed by atoms with Gasteiger partial charge < -0.3 is 0 Å². The van der Waals surface area contributed by atoms with Crippen molar-refractivity contribution in [1.82, 2.24) is 0 Å². The highest BCUT2D eigenvalue weighted by atomic mass is 35.7. The molecule has 68 valence electrons. The van der Waals surface area contributed by atoms with Gasteiger partial charge in [0.15, 0.2) is 0 Å². The molecular weight excluding hydrogens is 239 g/mol. The molecule has 0 bridgehead atoms. The molecule has 0 saturated heterocycles. The van der Waals surface area contributed by atoms with Crippen molar-refractivity contribution >= 4 is 42.7 Å². The van der Waals surface area contributed by atoms with Gasteiger partial charge in [-0.15, -0.1) is 11.3 Å². The van der Waals surface area contributed by atoms with Crippen molar-refractivity contribution in [3.8, 4) is 0 Å². The van der Waals surface area contributed by atoms with Crippen LogP contribution in [0.2, 0.25) is 4.34 Å². The van der Waals surface area contributed by atoms with Crippen molar-refractivity contribution in [2.75, 3.05) is 5.75 Å². The molecule has 1 aromatic rings.